The average Bonchev–Trinajstić information content (AvgIpc) is 1.90. The van der Waals surface area contributed by atoms with Crippen molar-refractivity contribution in [2.24, 2.45) is 0 Å². The molecule has 0 unspecified atom stereocenters. The van der Waals surface area contributed by atoms with Gasteiger partial charge in [-0.05, 0) is 6.92 Å². The maximum Gasteiger partial charge on any atom is 0.0642 e. The quantitative estimate of drug-likeness (QED) is 0.518. The summed E-state index contributed by atoms with van der Waals surface area (Å²) < 4.78 is 5.17. The molecular weight excluding hydrogens is 114 g/mol. The molecule has 0 saturated carbocycles. The van der Waals surface area contributed by atoms with Gasteiger partial charge in [0.15, 0.2) is 0 Å². The van der Waals surface area contributed by atoms with Crippen LogP contribution in [0.3, 0.4) is 0 Å². The summed E-state index contributed by atoms with van der Waals surface area (Å²) in [5, 5.41) is 0. The van der Waals surface area contributed by atoms with Gasteiger partial charge < -0.3 is 9.64 Å². The lowest BCUT2D eigenvalue weighted by Crippen LogP contribution is -2.34. The van der Waals surface area contributed by atoms with E-state index >= 15 is 0 Å². The van der Waals surface area contributed by atoms with Crippen molar-refractivity contribution >= 4 is 0 Å². The number of nitrogens with zero attached hydrogens (tertiary/aromatic N) is 1. The van der Waals surface area contributed by atoms with Crippen LogP contribution in [0.2, 0.25) is 0 Å². The Morgan fingerprint density at radius 1 is 1.44 bits per heavy atom. The van der Waals surface area contributed by atoms with Gasteiger partial charge in [-0.25, -0.2) is 0 Å². The Labute approximate surface area is 56.1 Å². The largest absolute Gasteiger partial charge is 0.378 e. The van der Waals surface area contributed by atoms with Crippen molar-refractivity contribution < 1.29 is 4.74 Å². The molecule has 0 aliphatic carbocycles. The van der Waals surface area contributed by atoms with Crippen molar-refractivity contribution in [2.45, 2.75) is 6.92 Å². The molecule has 0 aromatic carbocycles. The molecular formula is C7H13NO. The van der Waals surface area contributed by atoms with E-state index in [2.05, 4.69) is 11.5 Å². The number of rotatable bonds is 1. The van der Waals surface area contributed by atoms with Gasteiger partial charge in [-0.1, -0.05) is 6.58 Å². The summed E-state index contributed by atoms with van der Waals surface area (Å²) in [6.45, 7) is 9.61. The SMILES string of the molecule is C=C(C)N1CCOCC1. The zero-order chi connectivity index (χ0) is 6.69. The van der Waals surface area contributed by atoms with Gasteiger partial charge in [0, 0.05) is 18.8 Å². The number of morpholine rings is 1. The molecule has 0 bridgehead atoms. The predicted molar refractivity (Wildman–Crippen MR) is 37.2 cm³/mol. The summed E-state index contributed by atoms with van der Waals surface area (Å²) in [5.41, 5.74) is 1.15. The zero-order valence-corrected chi connectivity index (χ0v) is 5.89. The highest BCUT2D eigenvalue weighted by Crippen LogP contribution is 2.02. The zero-order valence-electron chi connectivity index (χ0n) is 5.89. The Hall–Kier alpha value is -0.500. The van der Waals surface area contributed by atoms with Crippen LogP contribution in [0.15, 0.2) is 12.3 Å². The second-order valence-electron chi connectivity index (χ2n) is 2.33. The molecule has 1 saturated heterocycles. The molecule has 52 valence electrons. The topological polar surface area (TPSA) is 12.5 Å². The Kier molecular flexibility index (Phi) is 2.11. The molecule has 1 aliphatic heterocycles. The average molecular weight is 127 g/mol. The van der Waals surface area contributed by atoms with E-state index in [0.29, 0.717) is 0 Å². The summed E-state index contributed by atoms with van der Waals surface area (Å²) in [5.74, 6) is 0. The van der Waals surface area contributed by atoms with E-state index in [1.807, 2.05) is 6.92 Å². The third-order valence-electron chi connectivity index (χ3n) is 1.55. The fourth-order valence-corrected chi connectivity index (χ4v) is 0.945. The molecule has 0 atom stereocenters. The lowest BCUT2D eigenvalue weighted by molar-refractivity contribution is 0.0540. The first-order valence-corrected chi connectivity index (χ1v) is 3.29. The van der Waals surface area contributed by atoms with E-state index in [0.717, 1.165) is 32.0 Å². The van der Waals surface area contributed by atoms with Crippen LogP contribution >= 0.6 is 0 Å². The van der Waals surface area contributed by atoms with Crippen LogP contribution < -0.4 is 0 Å². The standard InChI is InChI=1S/C7H13NO/c1-7(2)8-3-5-9-6-4-8/h1,3-6H2,2H3. The van der Waals surface area contributed by atoms with Gasteiger partial charge in [0.25, 0.3) is 0 Å². The van der Waals surface area contributed by atoms with Crippen molar-refractivity contribution in [3.63, 3.8) is 0 Å². The summed E-state index contributed by atoms with van der Waals surface area (Å²) >= 11 is 0. The monoisotopic (exact) mass is 127 g/mol. The second-order valence-corrected chi connectivity index (χ2v) is 2.33. The van der Waals surface area contributed by atoms with Crippen molar-refractivity contribution in [3.8, 4) is 0 Å². The minimum atomic E-state index is 0.854. The van der Waals surface area contributed by atoms with Crippen LogP contribution in [0.5, 0.6) is 0 Å². The normalized spacial score (nSPS) is 19.9. The van der Waals surface area contributed by atoms with Gasteiger partial charge in [0.1, 0.15) is 0 Å². The Bertz CT molecular complexity index is 105. The number of allylic oxidation sites excluding steroid dienone is 1. The molecule has 1 fully saturated rings. The number of hydrogen-bond acceptors (Lipinski definition) is 2. The Morgan fingerprint density at radius 3 is 2.33 bits per heavy atom. The van der Waals surface area contributed by atoms with E-state index < -0.39 is 0 Å². The number of ether oxygens (including phenoxy) is 1. The van der Waals surface area contributed by atoms with Gasteiger partial charge >= 0.3 is 0 Å². The molecule has 1 rings (SSSR count). The van der Waals surface area contributed by atoms with E-state index in [1.54, 1.807) is 0 Å². The highest BCUT2D eigenvalue weighted by Gasteiger charge is 2.07. The van der Waals surface area contributed by atoms with Crippen molar-refractivity contribution in [2.75, 3.05) is 26.3 Å². The van der Waals surface area contributed by atoms with Crippen LogP contribution in [0.1, 0.15) is 6.92 Å². The fourth-order valence-electron chi connectivity index (χ4n) is 0.945. The Balaban J connectivity index is 2.31. The van der Waals surface area contributed by atoms with Crippen LogP contribution in [0, 0.1) is 0 Å². The highest BCUT2D eigenvalue weighted by atomic mass is 16.5. The van der Waals surface area contributed by atoms with E-state index in [9.17, 15) is 0 Å². The first kappa shape index (κ1) is 6.62. The molecule has 2 nitrogen and oxygen atoms in total. The van der Waals surface area contributed by atoms with Gasteiger partial charge in [-0.2, -0.15) is 0 Å². The summed E-state index contributed by atoms with van der Waals surface area (Å²) in [4.78, 5) is 2.24. The van der Waals surface area contributed by atoms with Crippen LogP contribution in [-0.4, -0.2) is 31.2 Å². The second kappa shape index (κ2) is 2.87. The smallest absolute Gasteiger partial charge is 0.0642 e. The van der Waals surface area contributed by atoms with Gasteiger partial charge in [-0.15, -0.1) is 0 Å². The van der Waals surface area contributed by atoms with Crippen molar-refractivity contribution in [3.05, 3.63) is 12.3 Å². The van der Waals surface area contributed by atoms with Crippen molar-refractivity contribution in [1.82, 2.24) is 4.90 Å². The lowest BCUT2D eigenvalue weighted by Gasteiger charge is -2.28. The molecule has 0 N–H and O–H groups in total. The molecule has 2 heteroatoms. The summed E-state index contributed by atoms with van der Waals surface area (Å²) in [7, 11) is 0. The molecule has 9 heavy (non-hydrogen) atoms. The number of hydrogen-bond donors (Lipinski definition) is 0. The summed E-state index contributed by atoms with van der Waals surface area (Å²) in [6, 6.07) is 0. The van der Waals surface area contributed by atoms with E-state index in [4.69, 9.17) is 4.74 Å². The van der Waals surface area contributed by atoms with Crippen LogP contribution in [0.4, 0.5) is 0 Å². The van der Waals surface area contributed by atoms with Crippen LogP contribution in [0.25, 0.3) is 0 Å². The minimum Gasteiger partial charge on any atom is -0.378 e. The molecule has 0 amide bonds. The molecule has 0 spiro atoms. The minimum absolute atomic E-state index is 0.854. The van der Waals surface area contributed by atoms with E-state index in [1.165, 1.54) is 0 Å². The van der Waals surface area contributed by atoms with Crippen molar-refractivity contribution in [1.29, 1.82) is 0 Å². The third kappa shape index (κ3) is 1.72. The van der Waals surface area contributed by atoms with Gasteiger partial charge in [0.05, 0.1) is 13.2 Å². The maximum absolute atomic E-state index is 5.17. The van der Waals surface area contributed by atoms with E-state index in [-0.39, 0.29) is 0 Å². The first-order chi connectivity index (χ1) is 4.30. The summed E-state index contributed by atoms with van der Waals surface area (Å²) in [6.07, 6.45) is 0. The van der Waals surface area contributed by atoms with Gasteiger partial charge in [0.2, 0.25) is 0 Å². The third-order valence-corrected chi connectivity index (χ3v) is 1.55. The fraction of sp³-hybridized carbons (Fsp3) is 0.714. The molecule has 0 radical (unpaired) electrons. The predicted octanol–water partition coefficient (Wildman–Crippen LogP) is 0.852. The molecule has 1 aliphatic rings. The maximum atomic E-state index is 5.17. The Morgan fingerprint density at radius 2 is 2.00 bits per heavy atom. The molecule has 0 aromatic rings. The molecule has 0 aromatic heterocycles. The lowest BCUT2D eigenvalue weighted by atomic mass is 10.4. The first-order valence-electron chi connectivity index (χ1n) is 3.29. The highest BCUT2D eigenvalue weighted by molar-refractivity contribution is 4.89. The van der Waals surface area contributed by atoms with Gasteiger partial charge in [-0.3, -0.25) is 0 Å². The van der Waals surface area contributed by atoms with Crippen LogP contribution in [-0.2, 0) is 4.74 Å². The molecule has 1 heterocycles.